The van der Waals surface area contributed by atoms with Gasteiger partial charge in [-0.15, -0.1) is 11.8 Å². The van der Waals surface area contributed by atoms with Crippen LogP contribution in [-0.4, -0.2) is 29.9 Å². The van der Waals surface area contributed by atoms with E-state index in [-0.39, 0.29) is 11.7 Å². The summed E-state index contributed by atoms with van der Waals surface area (Å²) in [5.74, 6) is -0.661. The van der Waals surface area contributed by atoms with Crippen molar-refractivity contribution in [2.45, 2.75) is 18.4 Å². The number of thiazole rings is 1. The molecule has 0 bridgehead atoms. The smallest absolute Gasteiger partial charge is 0.279 e. The zero-order chi connectivity index (χ0) is 18.5. The molecule has 136 valence electrons. The van der Waals surface area contributed by atoms with E-state index in [1.807, 2.05) is 37.4 Å². The standard InChI is InChI=1S/C19H19FN2O2S2/c1-3-24-11-10-22-17-15(20)8-5-9-16(17)26-19(22)21-18(23)13-6-4-7-14(12-13)25-2/h4-9,12H,3,10-11H2,1-2H3. The Morgan fingerprint density at radius 2 is 2.12 bits per heavy atom. The third kappa shape index (κ3) is 4.06. The van der Waals surface area contributed by atoms with E-state index in [0.29, 0.717) is 35.6 Å². The molecule has 0 unspecified atom stereocenters. The molecular formula is C19H19FN2O2S2. The Kier molecular flexibility index (Phi) is 6.24. The van der Waals surface area contributed by atoms with Crippen molar-refractivity contribution < 1.29 is 13.9 Å². The van der Waals surface area contributed by atoms with Gasteiger partial charge in [-0.2, -0.15) is 4.99 Å². The zero-order valence-electron chi connectivity index (χ0n) is 14.6. The van der Waals surface area contributed by atoms with Crippen LogP contribution >= 0.6 is 23.1 Å². The number of fused-ring (bicyclic) bond motifs is 1. The number of amides is 1. The van der Waals surface area contributed by atoms with Gasteiger partial charge in [0.05, 0.1) is 16.8 Å². The van der Waals surface area contributed by atoms with Crippen molar-refractivity contribution in [1.82, 2.24) is 4.57 Å². The highest BCUT2D eigenvalue weighted by molar-refractivity contribution is 7.98. The number of ether oxygens (including phenoxy) is 1. The number of aromatic nitrogens is 1. The number of para-hydroxylation sites is 1. The molecule has 0 aliphatic carbocycles. The van der Waals surface area contributed by atoms with Crippen LogP contribution in [0.1, 0.15) is 17.3 Å². The van der Waals surface area contributed by atoms with Crippen molar-refractivity contribution >= 4 is 39.2 Å². The summed E-state index contributed by atoms with van der Waals surface area (Å²) in [7, 11) is 0. The molecular weight excluding hydrogens is 371 g/mol. The van der Waals surface area contributed by atoms with Crippen molar-refractivity contribution in [3.63, 3.8) is 0 Å². The molecule has 2 aromatic carbocycles. The summed E-state index contributed by atoms with van der Waals surface area (Å²) in [5, 5.41) is 0. The highest BCUT2D eigenvalue weighted by Crippen LogP contribution is 2.21. The van der Waals surface area contributed by atoms with Gasteiger partial charge in [-0.05, 0) is 43.5 Å². The monoisotopic (exact) mass is 390 g/mol. The Balaban J connectivity index is 2.07. The molecule has 0 atom stereocenters. The summed E-state index contributed by atoms with van der Waals surface area (Å²) in [6.07, 6.45) is 1.96. The second kappa shape index (κ2) is 8.62. The highest BCUT2D eigenvalue weighted by atomic mass is 32.2. The predicted octanol–water partition coefficient (Wildman–Crippen LogP) is 4.34. The van der Waals surface area contributed by atoms with E-state index in [9.17, 15) is 9.18 Å². The molecule has 0 saturated carbocycles. The fourth-order valence-corrected chi connectivity index (χ4v) is 4.12. The molecule has 3 aromatic rings. The van der Waals surface area contributed by atoms with Crippen molar-refractivity contribution in [2.24, 2.45) is 4.99 Å². The van der Waals surface area contributed by atoms with Crippen molar-refractivity contribution in [3.05, 3.63) is 58.6 Å². The Bertz CT molecular complexity index is 995. The number of carbonyl (C=O) groups is 1. The molecule has 0 spiro atoms. The Labute approximate surface area is 159 Å². The minimum atomic E-state index is -0.335. The van der Waals surface area contributed by atoms with Gasteiger partial charge in [0.2, 0.25) is 0 Å². The third-order valence-electron chi connectivity index (χ3n) is 3.83. The van der Waals surface area contributed by atoms with Crippen LogP contribution in [0.4, 0.5) is 4.39 Å². The summed E-state index contributed by atoms with van der Waals surface area (Å²) in [4.78, 5) is 18.4. The van der Waals surface area contributed by atoms with Gasteiger partial charge < -0.3 is 9.30 Å². The number of rotatable bonds is 6. The van der Waals surface area contributed by atoms with Gasteiger partial charge >= 0.3 is 0 Å². The number of carbonyl (C=O) groups excluding carboxylic acids is 1. The highest BCUT2D eigenvalue weighted by Gasteiger charge is 2.12. The predicted molar refractivity (Wildman–Crippen MR) is 104 cm³/mol. The number of hydrogen-bond donors (Lipinski definition) is 0. The van der Waals surface area contributed by atoms with Crippen molar-refractivity contribution in [3.8, 4) is 0 Å². The summed E-state index contributed by atoms with van der Waals surface area (Å²) < 4.78 is 22.2. The lowest BCUT2D eigenvalue weighted by atomic mass is 10.2. The summed E-state index contributed by atoms with van der Waals surface area (Å²) in [5.41, 5.74) is 0.979. The molecule has 26 heavy (non-hydrogen) atoms. The molecule has 1 aromatic heterocycles. The molecule has 0 radical (unpaired) electrons. The first-order valence-electron chi connectivity index (χ1n) is 8.22. The average molecular weight is 391 g/mol. The van der Waals surface area contributed by atoms with E-state index in [2.05, 4.69) is 4.99 Å². The zero-order valence-corrected chi connectivity index (χ0v) is 16.2. The maximum Gasteiger partial charge on any atom is 0.279 e. The van der Waals surface area contributed by atoms with Gasteiger partial charge in [0.1, 0.15) is 5.82 Å². The van der Waals surface area contributed by atoms with Crippen LogP contribution in [0.3, 0.4) is 0 Å². The lowest BCUT2D eigenvalue weighted by Gasteiger charge is -2.06. The summed E-state index contributed by atoms with van der Waals surface area (Å²) >= 11 is 2.87. The molecule has 0 fully saturated rings. The molecule has 1 heterocycles. The number of benzene rings is 2. The minimum absolute atomic E-state index is 0.325. The van der Waals surface area contributed by atoms with E-state index in [1.54, 1.807) is 28.5 Å². The maximum atomic E-state index is 14.3. The molecule has 7 heteroatoms. The SMILES string of the molecule is CCOCCn1c(=NC(=O)c2cccc(SC)c2)sc2cccc(F)c21. The molecule has 0 aliphatic rings. The summed E-state index contributed by atoms with van der Waals surface area (Å²) in [6, 6.07) is 12.2. The van der Waals surface area contributed by atoms with E-state index in [4.69, 9.17) is 4.74 Å². The van der Waals surface area contributed by atoms with Gasteiger partial charge in [0.25, 0.3) is 5.91 Å². The van der Waals surface area contributed by atoms with Crippen LogP contribution in [0.25, 0.3) is 10.2 Å². The fourth-order valence-electron chi connectivity index (χ4n) is 2.59. The van der Waals surface area contributed by atoms with E-state index >= 15 is 0 Å². The molecule has 1 amide bonds. The number of hydrogen-bond acceptors (Lipinski definition) is 4. The Morgan fingerprint density at radius 3 is 2.88 bits per heavy atom. The lowest BCUT2D eigenvalue weighted by molar-refractivity contribution is 0.0996. The van der Waals surface area contributed by atoms with Crippen LogP contribution in [0.2, 0.25) is 0 Å². The van der Waals surface area contributed by atoms with Gasteiger partial charge in [-0.1, -0.05) is 23.5 Å². The number of halogens is 1. The van der Waals surface area contributed by atoms with Gasteiger partial charge in [-0.25, -0.2) is 4.39 Å². The summed E-state index contributed by atoms with van der Waals surface area (Å²) in [6.45, 7) is 3.36. The van der Waals surface area contributed by atoms with Crippen LogP contribution in [0, 0.1) is 5.82 Å². The molecule has 0 aliphatic heterocycles. The quantitative estimate of drug-likeness (QED) is 0.464. The Hall–Kier alpha value is -1.96. The number of thioether (sulfide) groups is 1. The van der Waals surface area contributed by atoms with Gasteiger partial charge in [0, 0.05) is 23.6 Å². The molecule has 0 N–H and O–H groups in total. The van der Waals surface area contributed by atoms with E-state index in [0.717, 1.165) is 9.60 Å². The fraction of sp³-hybridized carbons (Fsp3) is 0.263. The normalized spacial score (nSPS) is 12.0. The molecule has 3 rings (SSSR count). The van der Waals surface area contributed by atoms with E-state index < -0.39 is 0 Å². The van der Waals surface area contributed by atoms with Crippen molar-refractivity contribution in [1.29, 1.82) is 0 Å². The van der Waals surface area contributed by atoms with E-state index in [1.165, 1.54) is 17.4 Å². The second-order valence-corrected chi connectivity index (χ2v) is 7.36. The Morgan fingerprint density at radius 1 is 1.31 bits per heavy atom. The largest absolute Gasteiger partial charge is 0.380 e. The minimum Gasteiger partial charge on any atom is -0.380 e. The average Bonchev–Trinajstić information content (AvgIpc) is 3.00. The lowest BCUT2D eigenvalue weighted by Crippen LogP contribution is -2.20. The first-order chi connectivity index (χ1) is 12.6. The first-order valence-corrected chi connectivity index (χ1v) is 10.3. The molecule has 0 saturated heterocycles. The maximum absolute atomic E-state index is 14.3. The topological polar surface area (TPSA) is 43.6 Å². The third-order valence-corrected chi connectivity index (χ3v) is 5.60. The van der Waals surface area contributed by atoms with Gasteiger partial charge in [-0.3, -0.25) is 4.79 Å². The van der Waals surface area contributed by atoms with Crippen LogP contribution in [0.5, 0.6) is 0 Å². The second-order valence-electron chi connectivity index (χ2n) is 5.47. The van der Waals surface area contributed by atoms with Crippen LogP contribution < -0.4 is 4.80 Å². The first kappa shape index (κ1) is 18.8. The number of nitrogens with zero attached hydrogens (tertiary/aromatic N) is 2. The van der Waals surface area contributed by atoms with Gasteiger partial charge in [0.15, 0.2) is 4.80 Å². The van der Waals surface area contributed by atoms with Crippen molar-refractivity contribution in [2.75, 3.05) is 19.5 Å². The molecule has 4 nitrogen and oxygen atoms in total. The van der Waals surface area contributed by atoms with Crippen LogP contribution in [0.15, 0.2) is 52.4 Å². The van der Waals surface area contributed by atoms with Crippen LogP contribution in [-0.2, 0) is 11.3 Å².